The van der Waals surface area contributed by atoms with E-state index < -0.39 is 0 Å². The lowest BCUT2D eigenvalue weighted by molar-refractivity contribution is 0.444. The summed E-state index contributed by atoms with van der Waals surface area (Å²) in [6.07, 6.45) is 5.39. The smallest absolute Gasteiger partial charge is 0.138 e. The zero-order valence-electron chi connectivity index (χ0n) is 13.1. The molecule has 1 atom stereocenters. The van der Waals surface area contributed by atoms with Crippen molar-refractivity contribution >= 4 is 17.3 Å². The van der Waals surface area contributed by atoms with Gasteiger partial charge < -0.3 is 9.80 Å². The maximum Gasteiger partial charge on any atom is 0.138 e. The summed E-state index contributed by atoms with van der Waals surface area (Å²) in [7, 11) is 0. The molecule has 2 aliphatic heterocycles. The van der Waals surface area contributed by atoms with Gasteiger partial charge in [0.1, 0.15) is 18.0 Å². The van der Waals surface area contributed by atoms with E-state index in [0.29, 0.717) is 0 Å². The largest absolute Gasteiger partial charge is 0.356 e. The topological polar surface area (TPSA) is 32.3 Å². The highest BCUT2D eigenvalue weighted by Gasteiger charge is 2.23. The van der Waals surface area contributed by atoms with Gasteiger partial charge in [0.2, 0.25) is 0 Å². The Bertz CT molecular complexity index is 670. The number of anilines is 3. The minimum atomic E-state index is 0.750. The van der Waals surface area contributed by atoms with Gasteiger partial charge in [-0.15, -0.1) is 0 Å². The molecule has 2 aliphatic rings. The zero-order valence-corrected chi connectivity index (χ0v) is 13.1. The monoisotopic (exact) mass is 294 g/mol. The van der Waals surface area contributed by atoms with Crippen molar-refractivity contribution in [3.63, 3.8) is 0 Å². The predicted molar refractivity (Wildman–Crippen MR) is 89.8 cm³/mol. The van der Waals surface area contributed by atoms with Crippen molar-refractivity contribution in [1.29, 1.82) is 0 Å². The van der Waals surface area contributed by atoms with Gasteiger partial charge in [0.05, 0.1) is 0 Å². The molecule has 2 aromatic rings. The van der Waals surface area contributed by atoms with E-state index in [0.717, 1.165) is 43.6 Å². The van der Waals surface area contributed by atoms with Gasteiger partial charge in [-0.05, 0) is 36.8 Å². The summed E-state index contributed by atoms with van der Waals surface area (Å²) in [6, 6.07) is 10.8. The summed E-state index contributed by atoms with van der Waals surface area (Å²) >= 11 is 0. The molecule has 0 N–H and O–H groups in total. The average Bonchev–Trinajstić information content (AvgIpc) is 2.99. The maximum absolute atomic E-state index is 4.52. The third-order valence-corrected chi connectivity index (χ3v) is 4.78. The molecule has 1 aromatic carbocycles. The molecular weight excluding hydrogens is 272 g/mol. The van der Waals surface area contributed by atoms with E-state index in [4.69, 9.17) is 0 Å². The number of fused-ring (bicyclic) bond motifs is 1. The molecule has 1 unspecified atom stereocenters. The molecule has 0 amide bonds. The van der Waals surface area contributed by atoms with E-state index in [1.165, 1.54) is 24.1 Å². The molecule has 0 spiro atoms. The first-order valence-electron chi connectivity index (χ1n) is 8.24. The summed E-state index contributed by atoms with van der Waals surface area (Å²) in [5.74, 6) is 2.84. The van der Waals surface area contributed by atoms with E-state index in [-0.39, 0.29) is 0 Å². The molecule has 114 valence electrons. The van der Waals surface area contributed by atoms with Crippen LogP contribution in [-0.2, 0) is 6.42 Å². The standard InChI is InChI=1S/C18H22N4/c1-14-5-4-9-21(12-14)17-11-18(20-13-19-17)22-10-8-15-6-2-3-7-16(15)22/h2-3,6-7,11,13-14H,4-5,8-10,12H2,1H3. The fourth-order valence-electron chi connectivity index (χ4n) is 3.63. The third-order valence-electron chi connectivity index (χ3n) is 4.78. The first kappa shape index (κ1) is 13.6. The third kappa shape index (κ3) is 2.43. The van der Waals surface area contributed by atoms with Gasteiger partial charge in [0.15, 0.2) is 0 Å². The van der Waals surface area contributed by atoms with Crippen LogP contribution in [0.3, 0.4) is 0 Å². The van der Waals surface area contributed by atoms with Crippen LogP contribution in [0.2, 0.25) is 0 Å². The highest BCUT2D eigenvalue weighted by atomic mass is 15.2. The number of piperidine rings is 1. The fourth-order valence-corrected chi connectivity index (χ4v) is 3.63. The highest BCUT2D eigenvalue weighted by molar-refractivity contribution is 5.68. The second-order valence-corrected chi connectivity index (χ2v) is 6.46. The predicted octanol–water partition coefficient (Wildman–Crippen LogP) is 3.41. The van der Waals surface area contributed by atoms with Crippen LogP contribution in [-0.4, -0.2) is 29.6 Å². The Hall–Kier alpha value is -2.10. The Morgan fingerprint density at radius 2 is 1.95 bits per heavy atom. The Morgan fingerprint density at radius 1 is 1.09 bits per heavy atom. The van der Waals surface area contributed by atoms with Gasteiger partial charge in [0, 0.05) is 31.4 Å². The van der Waals surface area contributed by atoms with Crippen molar-refractivity contribution < 1.29 is 0 Å². The molecule has 4 rings (SSSR count). The lowest BCUT2D eigenvalue weighted by Crippen LogP contribution is -2.35. The summed E-state index contributed by atoms with van der Waals surface area (Å²) < 4.78 is 0. The Balaban J connectivity index is 1.63. The van der Waals surface area contributed by atoms with Crippen LogP contribution < -0.4 is 9.80 Å². The van der Waals surface area contributed by atoms with Crippen molar-refractivity contribution in [2.75, 3.05) is 29.4 Å². The molecule has 1 saturated heterocycles. The van der Waals surface area contributed by atoms with Gasteiger partial charge in [0.25, 0.3) is 0 Å². The average molecular weight is 294 g/mol. The quantitative estimate of drug-likeness (QED) is 0.849. The minimum Gasteiger partial charge on any atom is -0.356 e. The van der Waals surface area contributed by atoms with Crippen LogP contribution in [0.5, 0.6) is 0 Å². The zero-order chi connectivity index (χ0) is 14.9. The molecule has 1 fully saturated rings. The second kappa shape index (κ2) is 5.59. The molecule has 4 nitrogen and oxygen atoms in total. The van der Waals surface area contributed by atoms with E-state index >= 15 is 0 Å². The second-order valence-electron chi connectivity index (χ2n) is 6.46. The van der Waals surface area contributed by atoms with Crippen LogP contribution in [0, 0.1) is 5.92 Å². The number of hydrogen-bond acceptors (Lipinski definition) is 4. The fraction of sp³-hybridized carbons (Fsp3) is 0.444. The van der Waals surface area contributed by atoms with E-state index in [2.05, 4.69) is 57.0 Å². The molecule has 0 saturated carbocycles. The Labute approximate surface area is 131 Å². The number of hydrogen-bond donors (Lipinski definition) is 0. The SMILES string of the molecule is CC1CCCN(c2cc(N3CCc4ccccc43)ncn2)C1. The van der Waals surface area contributed by atoms with E-state index in [1.54, 1.807) is 6.33 Å². The Morgan fingerprint density at radius 3 is 2.86 bits per heavy atom. The van der Waals surface area contributed by atoms with Gasteiger partial charge in [-0.1, -0.05) is 25.1 Å². The van der Waals surface area contributed by atoms with Crippen molar-refractivity contribution in [1.82, 2.24) is 9.97 Å². The van der Waals surface area contributed by atoms with Gasteiger partial charge in [-0.2, -0.15) is 0 Å². The molecular formula is C18H22N4. The lowest BCUT2D eigenvalue weighted by atomic mass is 10.0. The van der Waals surface area contributed by atoms with Gasteiger partial charge in [-0.25, -0.2) is 9.97 Å². The summed E-state index contributed by atoms with van der Waals surface area (Å²) in [6.45, 7) is 5.54. The minimum absolute atomic E-state index is 0.750. The first-order valence-corrected chi connectivity index (χ1v) is 8.24. The highest BCUT2D eigenvalue weighted by Crippen LogP contribution is 2.34. The summed E-state index contributed by atoms with van der Waals surface area (Å²) in [5.41, 5.74) is 2.70. The molecule has 4 heteroatoms. The lowest BCUT2D eigenvalue weighted by Gasteiger charge is -2.32. The van der Waals surface area contributed by atoms with Gasteiger partial charge >= 0.3 is 0 Å². The number of nitrogens with zero attached hydrogens (tertiary/aromatic N) is 4. The van der Waals surface area contributed by atoms with E-state index in [9.17, 15) is 0 Å². The first-order chi connectivity index (χ1) is 10.8. The molecule has 1 aromatic heterocycles. The molecule has 0 aliphatic carbocycles. The number of para-hydroxylation sites is 1. The molecule has 3 heterocycles. The summed E-state index contributed by atoms with van der Waals surface area (Å²) in [4.78, 5) is 13.8. The van der Waals surface area contributed by atoms with Crippen LogP contribution in [0.15, 0.2) is 36.7 Å². The maximum atomic E-state index is 4.52. The molecule has 0 radical (unpaired) electrons. The molecule has 0 bridgehead atoms. The molecule has 22 heavy (non-hydrogen) atoms. The van der Waals surface area contributed by atoms with Crippen molar-refractivity contribution in [3.05, 3.63) is 42.2 Å². The van der Waals surface area contributed by atoms with Crippen LogP contribution >= 0.6 is 0 Å². The normalized spacial score (nSPS) is 21.0. The van der Waals surface area contributed by atoms with E-state index in [1.807, 2.05) is 0 Å². The van der Waals surface area contributed by atoms with Crippen LogP contribution in [0.1, 0.15) is 25.3 Å². The number of rotatable bonds is 2. The Kier molecular flexibility index (Phi) is 3.45. The van der Waals surface area contributed by atoms with Crippen LogP contribution in [0.4, 0.5) is 17.3 Å². The van der Waals surface area contributed by atoms with Crippen molar-refractivity contribution in [2.24, 2.45) is 5.92 Å². The van der Waals surface area contributed by atoms with Crippen LogP contribution in [0.25, 0.3) is 0 Å². The van der Waals surface area contributed by atoms with Crippen molar-refractivity contribution in [3.8, 4) is 0 Å². The number of benzene rings is 1. The summed E-state index contributed by atoms with van der Waals surface area (Å²) in [5, 5.41) is 0. The van der Waals surface area contributed by atoms with Crippen molar-refractivity contribution in [2.45, 2.75) is 26.2 Å². The van der Waals surface area contributed by atoms with Gasteiger partial charge in [-0.3, -0.25) is 0 Å². The number of aromatic nitrogens is 2.